The summed E-state index contributed by atoms with van der Waals surface area (Å²) in [6.45, 7) is 0. The standard InChI is InChI=1S/C13H15ClN4O2/c1-17-8-6-15-10(14)16-9(8)18(11(17)19)12-2-4-13(20,7-12)5-3-12/h6,20H,2-5,7H2,1H3. The maximum Gasteiger partial charge on any atom is 0.330 e. The fourth-order valence-electron chi connectivity index (χ4n) is 3.97. The van der Waals surface area contributed by atoms with Crippen molar-refractivity contribution in [3.8, 4) is 0 Å². The Morgan fingerprint density at radius 1 is 1.35 bits per heavy atom. The Hall–Kier alpha value is -1.40. The first-order valence-corrected chi connectivity index (χ1v) is 7.15. The van der Waals surface area contributed by atoms with Crippen LogP contribution in [0.1, 0.15) is 32.1 Å². The van der Waals surface area contributed by atoms with Crippen molar-refractivity contribution in [2.45, 2.75) is 43.2 Å². The molecule has 7 heteroatoms. The second-order valence-corrected chi connectivity index (χ2v) is 6.49. The molecule has 4 rings (SSSR count). The largest absolute Gasteiger partial charge is 0.390 e. The zero-order valence-corrected chi connectivity index (χ0v) is 11.9. The van der Waals surface area contributed by atoms with Crippen molar-refractivity contribution in [3.63, 3.8) is 0 Å². The van der Waals surface area contributed by atoms with E-state index in [0.29, 0.717) is 17.6 Å². The van der Waals surface area contributed by atoms with Crippen LogP contribution in [0.2, 0.25) is 5.28 Å². The molecule has 0 unspecified atom stereocenters. The lowest BCUT2D eigenvalue weighted by Gasteiger charge is -2.27. The molecule has 2 saturated carbocycles. The van der Waals surface area contributed by atoms with Gasteiger partial charge < -0.3 is 5.11 Å². The highest BCUT2D eigenvalue weighted by Gasteiger charge is 2.55. The molecule has 0 atom stereocenters. The Kier molecular flexibility index (Phi) is 2.24. The van der Waals surface area contributed by atoms with Gasteiger partial charge in [0.1, 0.15) is 5.52 Å². The van der Waals surface area contributed by atoms with Crippen molar-refractivity contribution in [3.05, 3.63) is 22.0 Å². The van der Waals surface area contributed by atoms with Gasteiger partial charge in [-0.25, -0.2) is 9.78 Å². The van der Waals surface area contributed by atoms with Gasteiger partial charge in [0.2, 0.25) is 5.28 Å². The summed E-state index contributed by atoms with van der Waals surface area (Å²) in [5, 5.41) is 10.5. The van der Waals surface area contributed by atoms with Gasteiger partial charge in [0.15, 0.2) is 5.65 Å². The van der Waals surface area contributed by atoms with Crippen LogP contribution in [-0.2, 0) is 12.6 Å². The molecule has 2 aliphatic carbocycles. The molecule has 106 valence electrons. The normalized spacial score (nSPS) is 32.4. The van der Waals surface area contributed by atoms with Gasteiger partial charge in [0, 0.05) is 7.05 Å². The van der Waals surface area contributed by atoms with Gasteiger partial charge in [-0.2, -0.15) is 4.98 Å². The van der Waals surface area contributed by atoms with Gasteiger partial charge in [-0.15, -0.1) is 0 Å². The van der Waals surface area contributed by atoms with E-state index in [4.69, 9.17) is 11.6 Å². The summed E-state index contributed by atoms with van der Waals surface area (Å²) in [6, 6.07) is 0. The summed E-state index contributed by atoms with van der Waals surface area (Å²) < 4.78 is 3.29. The summed E-state index contributed by atoms with van der Waals surface area (Å²) in [5.74, 6) is 0. The molecule has 2 fully saturated rings. The molecule has 2 aliphatic rings. The lowest BCUT2D eigenvalue weighted by Crippen LogP contribution is -2.38. The predicted octanol–water partition coefficient (Wildman–Crippen LogP) is 1.19. The van der Waals surface area contributed by atoms with E-state index in [0.717, 1.165) is 25.7 Å². The van der Waals surface area contributed by atoms with Crippen molar-refractivity contribution in [1.29, 1.82) is 0 Å². The van der Waals surface area contributed by atoms with E-state index in [2.05, 4.69) is 9.97 Å². The quantitative estimate of drug-likeness (QED) is 0.802. The molecule has 0 aliphatic heterocycles. The van der Waals surface area contributed by atoms with Gasteiger partial charge in [0.05, 0.1) is 17.3 Å². The molecule has 2 heterocycles. The van der Waals surface area contributed by atoms with Crippen molar-refractivity contribution in [1.82, 2.24) is 19.1 Å². The molecule has 0 aromatic carbocycles. The SMILES string of the molecule is Cn1c(=O)n(C23CCC(O)(CC2)C3)c2nc(Cl)ncc21. The number of hydrogen-bond donors (Lipinski definition) is 1. The molecule has 6 nitrogen and oxygen atoms in total. The lowest BCUT2D eigenvalue weighted by molar-refractivity contribution is 0.0521. The number of fused-ring (bicyclic) bond motifs is 3. The minimum atomic E-state index is -0.613. The van der Waals surface area contributed by atoms with Gasteiger partial charge in [-0.05, 0) is 43.7 Å². The molecule has 0 radical (unpaired) electrons. The molecule has 2 aromatic heterocycles. The Morgan fingerprint density at radius 3 is 2.65 bits per heavy atom. The smallest absolute Gasteiger partial charge is 0.330 e. The lowest BCUT2D eigenvalue weighted by atomic mass is 9.92. The highest BCUT2D eigenvalue weighted by molar-refractivity contribution is 6.28. The molecule has 2 aromatic rings. The summed E-state index contributed by atoms with van der Waals surface area (Å²) in [7, 11) is 1.71. The number of aliphatic hydroxyl groups is 1. The van der Waals surface area contributed by atoms with Crippen molar-refractivity contribution in [2.75, 3.05) is 0 Å². The third-order valence-electron chi connectivity index (χ3n) is 5.02. The third kappa shape index (κ3) is 1.41. The van der Waals surface area contributed by atoms with Crippen molar-refractivity contribution < 1.29 is 5.11 Å². The fraction of sp³-hybridized carbons (Fsp3) is 0.615. The first-order chi connectivity index (χ1) is 9.44. The van der Waals surface area contributed by atoms with Crippen LogP contribution >= 0.6 is 11.6 Å². The second kappa shape index (κ2) is 3.62. The van der Waals surface area contributed by atoms with E-state index in [1.807, 2.05) is 0 Å². The van der Waals surface area contributed by atoms with Gasteiger partial charge in [-0.1, -0.05) is 0 Å². The molecular weight excluding hydrogens is 280 g/mol. The average molecular weight is 295 g/mol. The number of aromatic nitrogens is 4. The molecule has 20 heavy (non-hydrogen) atoms. The van der Waals surface area contributed by atoms with E-state index in [1.165, 1.54) is 0 Å². The van der Waals surface area contributed by atoms with E-state index < -0.39 is 5.60 Å². The highest BCUT2D eigenvalue weighted by atomic mass is 35.5. The van der Waals surface area contributed by atoms with Crippen LogP contribution in [0.3, 0.4) is 0 Å². The number of nitrogens with zero attached hydrogens (tertiary/aromatic N) is 4. The molecule has 0 amide bonds. The Morgan fingerprint density at radius 2 is 2.05 bits per heavy atom. The summed E-state index contributed by atoms with van der Waals surface area (Å²) in [6.07, 6.45) is 5.31. The minimum Gasteiger partial charge on any atom is -0.390 e. The van der Waals surface area contributed by atoms with E-state index >= 15 is 0 Å². The molecule has 0 spiro atoms. The zero-order chi connectivity index (χ0) is 14.1. The Balaban J connectivity index is 2.04. The van der Waals surface area contributed by atoms with E-state index in [-0.39, 0.29) is 16.5 Å². The topological polar surface area (TPSA) is 72.9 Å². The predicted molar refractivity (Wildman–Crippen MR) is 73.8 cm³/mol. The monoisotopic (exact) mass is 294 g/mol. The zero-order valence-electron chi connectivity index (χ0n) is 11.1. The summed E-state index contributed by atoms with van der Waals surface area (Å²) in [5.41, 5.74) is 0.212. The Bertz CT molecular complexity index is 771. The van der Waals surface area contributed by atoms with Crippen LogP contribution in [0, 0.1) is 0 Å². The molecule has 2 bridgehead atoms. The summed E-state index contributed by atoms with van der Waals surface area (Å²) in [4.78, 5) is 20.8. The highest BCUT2D eigenvalue weighted by Crippen LogP contribution is 2.54. The minimum absolute atomic E-state index is 0.109. The second-order valence-electron chi connectivity index (χ2n) is 6.15. The van der Waals surface area contributed by atoms with Crippen LogP contribution in [0.25, 0.3) is 11.2 Å². The molecule has 0 saturated heterocycles. The molecule has 1 N–H and O–H groups in total. The van der Waals surface area contributed by atoms with Crippen LogP contribution < -0.4 is 5.69 Å². The number of aryl methyl sites for hydroxylation is 1. The molecular formula is C13H15ClN4O2. The van der Waals surface area contributed by atoms with Crippen molar-refractivity contribution in [2.24, 2.45) is 7.05 Å². The maximum atomic E-state index is 12.6. The summed E-state index contributed by atoms with van der Waals surface area (Å²) >= 11 is 5.89. The van der Waals surface area contributed by atoms with Crippen molar-refractivity contribution >= 4 is 22.8 Å². The third-order valence-corrected chi connectivity index (χ3v) is 5.20. The van der Waals surface area contributed by atoms with Crippen LogP contribution in [0.15, 0.2) is 11.0 Å². The number of rotatable bonds is 1. The first kappa shape index (κ1) is 12.3. The van der Waals surface area contributed by atoms with Gasteiger partial charge in [0.25, 0.3) is 0 Å². The van der Waals surface area contributed by atoms with Crippen LogP contribution in [-0.4, -0.2) is 29.8 Å². The van der Waals surface area contributed by atoms with Gasteiger partial charge >= 0.3 is 5.69 Å². The van der Waals surface area contributed by atoms with Crippen LogP contribution in [0.4, 0.5) is 0 Å². The first-order valence-electron chi connectivity index (χ1n) is 6.77. The van der Waals surface area contributed by atoms with E-state index in [1.54, 1.807) is 22.4 Å². The number of imidazole rings is 1. The van der Waals surface area contributed by atoms with Crippen LogP contribution in [0.5, 0.6) is 0 Å². The number of hydrogen-bond acceptors (Lipinski definition) is 4. The number of halogens is 1. The average Bonchev–Trinajstić information content (AvgIpc) is 2.99. The Labute approximate surface area is 120 Å². The van der Waals surface area contributed by atoms with Gasteiger partial charge in [-0.3, -0.25) is 9.13 Å². The van der Waals surface area contributed by atoms with E-state index in [9.17, 15) is 9.90 Å². The fourth-order valence-corrected chi connectivity index (χ4v) is 4.10. The maximum absolute atomic E-state index is 12.6.